The van der Waals surface area contributed by atoms with E-state index in [-0.39, 0.29) is 11.5 Å². The zero-order chi connectivity index (χ0) is 13.8. The zero-order valence-electron chi connectivity index (χ0n) is 10.7. The first-order valence-electron chi connectivity index (χ1n) is 5.94. The third-order valence-electron chi connectivity index (χ3n) is 2.45. The van der Waals surface area contributed by atoms with Crippen LogP contribution in [-0.2, 0) is 19.4 Å². The van der Waals surface area contributed by atoms with Crippen molar-refractivity contribution in [2.75, 3.05) is 0 Å². The second-order valence-electron chi connectivity index (χ2n) is 3.80. The van der Waals surface area contributed by atoms with E-state index in [9.17, 15) is 4.79 Å². The molecule has 0 radical (unpaired) electrons. The molecule has 1 N–H and O–H groups in total. The Balaban J connectivity index is 2.09. The van der Waals surface area contributed by atoms with Crippen LogP contribution in [0.1, 0.15) is 40.2 Å². The molecule has 2 aromatic rings. The molecule has 19 heavy (non-hydrogen) atoms. The first-order valence-corrected chi connectivity index (χ1v) is 6.75. The Morgan fingerprint density at radius 1 is 1.37 bits per heavy atom. The lowest BCUT2D eigenvalue weighted by Crippen LogP contribution is -2.00. The van der Waals surface area contributed by atoms with Crippen molar-refractivity contribution in [3.8, 4) is 5.75 Å². The molecule has 0 saturated carbocycles. The van der Waals surface area contributed by atoms with Crippen molar-refractivity contribution >= 4 is 17.3 Å². The predicted molar refractivity (Wildman–Crippen MR) is 68.7 cm³/mol. The van der Waals surface area contributed by atoms with E-state index >= 15 is 0 Å². The summed E-state index contributed by atoms with van der Waals surface area (Å²) in [7, 11) is 0. The summed E-state index contributed by atoms with van der Waals surface area (Å²) in [4.78, 5) is 12.3. The highest BCUT2D eigenvalue weighted by Crippen LogP contribution is 2.30. The number of nitrogens with zero attached hydrogens (tertiary/aromatic N) is 2. The Kier molecular flexibility index (Phi) is 4.16. The summed E-state index contributed by atoms with van der Waals surface area (Å²) in [6.07, 6.45) is 1.43. The molecule has 6 nitrogen and oxygen atoms in total. The van der Waals surface area contributed by atoms with E-state index in [4.69, 9.17) is 14.3 Å². The second kappa shape index (κ2) is 5.83. The number of aryl methyl sites for hydroxylation is 2. The Hall–Kier alpha value is -1.89. The third-order valence-corrected chi connectivity index (χ3v) is 3.70. The Morgan fingerprint density at radius 3 is 2.68 bits per heavy atom. The number of ether oxygens (including phenoxy) is 1. The molecule has 2 rings (SSSR count). The smallest absolute Gasteiger partial charge is 0.349 e. The van der Waals surface area contributed by atoms with Gasteiger partial charge < -0.3 is 14.3 Å². The molecule has 0 aromatic carbocycles. The van der Waals surface area contributed by atoms with E-state index in [1.807, 2.05) is 13.8 Å². The minimum Gasteiger partial charge on any atom is -0.482 e. The maximum Gasteiger partial charge on any atom is 0.349 e. The first kappa shape index (κ1) is 13.5. The summed E-state index contributed by atoms with van der Waals surface area (Å²) in [6, 6.07) is 1.74. The quantitative estimate of drug-likeness (QED) is 0.876. The molecule has 0 atom stereocenters. The molecule has 0 amide bonds. The first-order chi connectivity index (χ1) is 9.13. The molecule has 0 aliphatic carbocycles. The van der Waals surface area contributed by atoms with Gasteiger partial charge >= 0.3 is 5.97 Å². The molecule has 0 fully saturated rings. The number of carboxylic acids is 1. The molecule has 0 unspecified atom stereocenters. The molecule has 102 valence electrons. The van der Waals surface area contributed by atoms with Crippen molar-refractivity contribution in [1.29, 1.82) is 0 Å². The summed E-state index contributed by atoms with van der Waals surface area (Å²) in [5.41, 5.74) is 0. The molecular weight excluding hydrogens is 268 g/mol. The largest absolute Gasteiger partial charge is 0.482 e. The number of carbonyl (C=O) groups is 1. The fourth-order valence-electron chi connectivity index (χ4n) is 1.48. The van der Waals surface area contributed by atoms with Gasteiger partial charge in [-0.2, -0.15) is 0 Å². The van der Waals surface area contributed by atoms with Crippen LogP contribution in [0.15, 0.2) is 10.5 Å². The van der Waals surface area contributed by atoms with Gasteiger partial charge in [-0.05, 0) is 12.5 Å². The van der Waals surface area contributed by atoms with Gasteiger partial charge in [0.2, 0.25) is 5.89 Å². The van der Waals surface area contributed by atoms with Gasteiger partial charge in [0, 0.05) is 11.3 Å². The molecule has 2 heterocycles. The summed E-state index contributed by atoms with van der Waals surface area (Å²) in [6.45, 7) is 3.95. The maximum absolute atomic E-state index is 11.1. The van der Waals surface area contributed by atoms with Crippen LogP contribution in [0.3, 0.4) is 0 Å². The van der Waals surface area contributed by atoms with Crippen LogP contribution in [0.5, 0.6) is 5.75 Å². The van der Waals surface area contributed by atoms with E-state index < -0.39 is 5.97 Å². The maximum atomic E-state index is 11.1. The Bertz CT molecular complexity index is 576. The van der Waals surface area contributed by atoms with E-state index in [1.54, 1.807) is 6.07 Å². The average molecular weight is 282 g/mol. The monoisotopic (exact) mass is 282 g/mol. The van der Waals surface area contributed by atoms with Gasteiger partial charge in [0.1, 0.15) is 5.75 Å². The number of aromatic nitrogens is 2. The van der Waals surface area contributed by atoms with Gasteiger partial charge in [-0.1, -0.05) is 13.8 Å². The molecule has 7 heteroatoms. The topological polar surface area (TPSA) is 85.5 Å². The summed E-state index contributed by atoms with van der Waals surface area (Å²) in [5.74, 6) is 0.249. The van der Waals surface area contributed by atoms with Crippen molar-refractivity contribution in [2.45, 2.75) is 33.3 Å². The third kappa shape index (κ3) is 3.11. The zero-order valence-corrected chi connectivity index (χ0v) is 11.5. The van der Waals surface area contributed by atoms with Gasteiger partial charge in [-0.25, -0.2) is 4.79 Å². The van der Waals surface area contributed by atoms with Crippen LogP contribution in [0.25, 0.3) is 0 Å². The van der Waals surface area contributed by atoms with Crippen LogP contribution in [0, 0.1) is 0 Å². The van der Waals surface area contributed by atoms with Crippen molar-refractivity contribution in [2.24, 2.45) is 0 Å². The minimum atomic E-state index is -0.987. The molecule has 0 aliphatic heterocycles. The Morgan fingerprint density at radius 2 is 2.11 bits per heavy atom. The Labute approximate surface area is 114 Å². The number of hydrogen-bond donors (Lipinski definition) is 1. The van der Waals surface area contributed by atoms with Crippen molar-refractivity contribution in [3.05, 3.63) is 27.6 Å². The molecule has 0 spiro atoms. The van der Waals surface area contributed by atoms with Crippen LogP contribution in [0.4, 0.5) is 0 Å². The molecule has 0 saturated heterocycles. The van der Waals surface area contributed by atoms with E-state index in [1.165, 1.54) is 11.3 Å². The summed E-state index contributed by atoms with van der Waals surface area (Å²) >= 11 is 1.22. The highest BCUT2D eigenvalue weighted by Gasteiger charge is 2.17. The fourth-order valence-corrected chi connectivity index (χ4v) is 2.36. The highest BCUT2D eigenvalue weighted by atomic mass is 32.1. The van der Waals surface area contributed by atoms with E-state index in [0.29, 0.717) is 24.0 Å². The number of hydrogen-bond acceptors (Lipinski definition) is 6. The van der Waals surface area contributed by atoms with Gasteiger partial charge in [0.15, 0.2) is 11.5 Å². The van der Waals surface area contributed by atoms with Crippen LogP contribution < -0.4 is 4.74 Å². The van der Waals surface area contributed by atoms with Crippen LogP contribution in [0.2, 0.25) is 0 Å². The van der Waals surface area contributed by atoms with Crippen molar-refractivity contribution in [1.82, 2.24) is 10.2 Å². The van der Waals surface area contributed by atoms with E-state index in [2.05, 4.69) is 10.2 Å². The van der Waals surface area contributed by atoms with Gasteiger partial charge in [0.25, 0.3) is 5.89 Å². The highest BCUT2D eigenvalue weighted by molar-refractivity contribution is 7.14. The standard InChI is InChI=1S/C12H14N2O4S/c1-3-7-5-8(11(19-7)12(15)16)17-6-10-14-13-9(4-2)18-10/h5H,3-4,6H2,1-2H3,(H,15,16). The number of rotatable bonds is 6. The number of thiophene rings is 1. The van der Waals surface area contributed by atoms with Crippen molar-refractivity contribution in [3.63, 3.8) is 0 Å². The second-order valence-corrected chi connectivity index (χ2v) is 4.93. The lowest BCUT2D eigenvalue weighted by atomic mass is 10.3. The number of carboxylic acid groups (broad SMARTS) is 1. The molecular formula is C12H14N2O4S. The predicted octanol–water partition coefficient (Wildman–Crippen LogP) is 2.53. The van der Waals surface area contributed by atoms with E-state index in [0.717, 1.165) is 11.3 Å². The molecule has 0 bridgehead atoms. The van der Waals surface area contributed by atoms with Crippen LogP contribution >= 0.6 is 11.3 Å². The molecule has 0 aliphatic rings. The lowest BCUT2D eigenvalue weighted by molar-refractivity contribution is 0.0697. The number of aromatic carboxylic acids is 1. The normalized spacial score (nSPS) is 10.6. The van der Waals surface area contributed by atoms with Crippen LogP contribution in [-0.4, -0.2) is 21.3 Å². The summed E-state index contributed by atoms with van der Waals surface area (Å²) < 4.78 is 10.8. The summed E-state index contributed by atoms with van der Waals surface area (Å²) in [5, 5.41) is 16.7. The average Bonchev–Trinajstić information content (AvgIpc) is 3.02. The van der Waals surface area contributed by atoms with Crippen molar-refractivity contribution < 1.29 is 19.1 Å². The van der Waals surface area contributed by atoms with Gasteiger partial charge in [-0.15, -0.1) is 21.5 Å². The molecule has 2 aromatic heterocycles. The SMILES string of the molecule is CCc1nnc(COc2cc(CC)sc2C(=O)O)o1. The fraction of sp³-hybridized carbons (Fsp3) is 0.417. The van der Waals surface area contributed by atoms with Gasteiger partial charge in [0.05, 0.1) is 0 Å². The lowest BCUT2D eigenvalue weighted by Gasteiger charge is -2.01. The van der Waals surface area contributed by atoms with Gasteiger partial charge in [-0.3, -0.25) is 0 Å². The minimum absolute atomic E-state index is 0.0766.